The van der Waals surface area contributed by atoms with Gasteiger partial charge in [-0.2, -0.15) is 0 Å². The van der Waals surface area contributed by atoms with Crippen LogP contribution in [0.15, 0.2) is 30.3 Å². The van der Waals surface area contributed by atoms with Gasteiger partial charge in [-0.1, -0.05) is 23.8 Å². The maximum Gasteiger partial charge on any atom is 0.336 e. The van der Waals surface area contributed by atoms with Gasteiger partial charge in [-0.25, -0.2) is 9.78 Å². The van der Waals surface area contributed by atoms with Gasteiger partial charge in [0.1, 0.15) is 11.5 Å². The molecule has 7 rings (SSSR count). The first-order valence-corrected chi connectivity index (χ1v) is 14.4. The molecule has 3 N–H and O–H groups in total. The second-order valence-electron chi connectivity index (χ2n) is 12.9. The number of carboxylic acids is 1. The Labute approximate surface area is 230 Å². The van der Waals surface area contributed by atoms with E-state index in [-0.39, 0.29) is 11.5 Å². The number of imidazole rings is 1. The van der Waals surface area contributed by atoms with Gasteiger partial charge in [0, 0.05) is 16.9 Å². The Morgan fingerprint density at radius 2 is 1.56 bits per heavy atom. The highest BCUT2D eigenvalue weighted by atomic mass is 16.4. The molecular formula is C33H39N3O3. The zero-order chi connectivity index (χ0) is 27.5. The van der Waals surface area contributed by atoms with E-state index in [1.165, 1.54) is 50.2 Å². The van der Waals surface area contributed by atoms with E-state index in [1.54, 1.807) is 19.1 Å². The van der Waals surface area contributed by atoms with Gasteiger partial charge in [0.15, 0.2) is 0 Å². The molecule has 4 aliphatic carbocycles. The van der Waals surface area contributed by atoms with Crippen molar-refractivity contribution >= 4 is 17.6 Å². The first-order chi connectivity index (χ1) is 18.6. The largest absolute Gasteiger partial charge is 0.478 e. The fraction of sp³-hybridized carbons (Fsp3) is 0.485. The zero-order valence-corrected chi connectivity index (χ0v) is 23.5. The third-order valence-corrected chi connectivity index (χ3v) is 9.70. The van der Waals surface area contributed by atoms with E-state index in [9.17, 15) is 14.7 Å². The third kappa shape index (κ3) is 4.90. The number of hydrogen-bond donors (Lipinski definition) is 3. The van der Waals surface area contributed by atoms with Crippen LogP contribution in [0.4, 0.5) is 5.69 Å². The van der Waals surface area contributed by atoms with Crippen molar-refractivity contribution in [2.45, 2.75) is 79.1 Å². The van der Waals surface area contributed by atoms with Crippen LogP contribution in [-0.4, -0.2) is 27.0 Å². The molecule has 0 saturated heterocycles. The molecule has 4 aliphatic rings. The Morgan fingerprint density at radius 3 is 2.15 bits per heavy atom. The molecule has 0 atom stereocenters. The standard InChI is InChI=1S/C33H39N3O3/c1-18-9-20(3)28(21(4)10-18)30-35-27(7-8-33-15-22-11-23(16-33)13-24(12-22)17-33)29(36-30)31(37)34-25-6-5-19(2)26(14-25)32(38)39/h5-6,9-10,14,22-24H,7-8,11-13,15-17H2,1-4H3,(H,34,37)(H,35,36)(H,38,39). The number of nitrogens with zero attached hydrogens (tertiary/aromatic N) is 1. The van der Waals surface area contributed by atoms with Crippen LogP contribution >= 0.6 is 0 Å². The number of rotatable bonds is 7. The molecule has 2 aromatic carbocycles. The maximum absolute atomic E-state index is 13.7. The molecule has 3 aromatic rings. The van der Waals surface area contributed by atoms with Crippen LogP contribution in [-0.2, 0) is 6.42 Å². The second kappa shape index (κ2) is 9.65. The summed E-state index contributed by atoms with van der Waals surface area (Å²) >= 11 is 0. The molecule has 1 amide bonds. The lowest BCUT2D eigenvalue weighted by Crippen LogP contribution is -2.46. The van der Waals surface area contributed by atoms with E-state index < -0.39 is 5.97 Å². The Balaban J connectivity index is 1.32. The molecule has 0 aliphatic heterocycles. The minimum atomic E-state index is -1.01. The van der Waals surface area contributed by atoms with E-state index in [4.69, 9.17) is 4.98 Å². The molecule has 0 unspecified atom stereocenters. The Bertz CT molecular complexity index is 1410. The minimum absolute atomic E-state index is 0.184. The molecule has 6 nitrogen and oxygen atoms in total. The normalized spacial score (nSPS) is 25.2. The fourth-order valence-electron chi connectivity index (χ4n) is 8.56. The van der Waals surface area contributed by atoms with Gasteiger partial charge in [-0.15, -0.1) is 0 Å². The average Bonchev–Trinajstić information content (AvgIpc) is 3.26. The molecule has 6 heteroatoms. The van der Waals surface area contributed by atoms with Crippen molar-refractivity contribution < 1.29 is 14.7 Å². The first-order valence-electron chi connectivity index (χ1n) is 14.4. The number of aromatic nitrogens is 2. The lowest BCUT2D eigenvalue weighted by Gasteiger charge is -2.57. The van der Waals surface area contributed by atoms with Gasteiger partial charge in [-0.3, -0.25) is 4.79 Å². The molecule has 4 bridgehead atoms. The van der Waals surface area contributed by atoms with Gasteiger partial charge in [0.25, 0.3) is 5.91 Å². The summed E-state index contributed by atoms with van der Waals surface area (Å²) in [4.78, 5) is 33.8. The number of amides is 1. The Hall–Kier alpha value is -3.41. The summed E-state index contributed by atoms with van der Waals surface area (Å²) in [7, 11) is 0. The summed E-state index contributed by atoms with van der Waals surface area (Å²) in [6.45, 7) is 8.03. The maximum atomic E-state index is 13.7. The van der Waals surface area contributed by atoms with Crippen LogP contribution in [0, 0.1) is 50.9 Å². The quantitative estimate of drug-likeness (QED) is 0.299. The second-order valence-corrected chi connectivity index (χ2v) is 12.9. The Kier molecular flexibility index (Phi) is 6.40. The average molecular weight is 526 g/mol. The van der Waals surface area contributed by atoms with E-state index in [0.717, 1.165) is 58.8 Å². The Morgan fingerprint density at radius 1 is 0.949 bits per heavy atom. The number of aryl methyl sites for hydroxylation is 5. The lowest BCUT2D eigenvalue weighted by molar-refractivity contribution is -0.0570. The van der Waals surface area contributed by atoms with E-state index in [2.05, 4.69) is 43.2 Å². The van der Waals surface area contributed by atoms with Crippen LogP contribution in [0.25, 0.3) is 11.4 Å². The molecule has 0 radical (unpaired) electrons. The summed E-state index contributed by atoms with van der Waals surface area (Å²) in [6.07, 6.45) is 10.1. The molecule has 1 aromatic heterocycles. The number of benzene rings is 2. The monoisotopic (exact) mass is 525 g/mol. The summed E-state index contributed by atoms with van der Waals surface area (Å²) in [6, 6.07) is 9.30. The smallest absolute Gasteiger partial charge is 0.336 e. The fourth-order valence-corrected chi connectivity index (χ4v) is 8.56. The summed E-state index contributed by atoms with van der Waals surface area (Å²) in [5, 5.41) is 12.5. The van der Waals surface area contributed by atoms with Crippen molar-refractivity contribution in [3.63, 3.8) is 0 Å². The van der Waals surface area contributed by atoms with Crippen molar-refractivity contribution in [3.8, 4) is 11.4 Å². The predicted octanol–water partition coefficient (Wildman–Crippen LogP) is 7.41. The van der Waals surface area contributed by atoms with Crippen molar-refractivity contribution in [1.82, 2.24) is 9.97 Å². The molecule has 1 heterocycles. The van der Waals surface area contributed by atoms with Crippen molar-refractivity contribution in [2.24, 2.45) is 23.2 Å². The number of H-pyrrole nitrogens is 1. The number of aromatic carboxylic acids is 1. The lowest BCUT2D eigenvalue weighted by atomic mass is 9.48. The van der Waals surface area contributed by atoms with Crippen LogP contribution < -0.4 is 5.32 Å². The van der Waals surface area contributed by atoms with Crippen molar-refractivity contribution in [2.75, 3.05) is 5.32 Å². The van der Waals surface area contributed by atoms with Crippen molar-refractivity contribution in [1.29, 1.82) is 0 Å². The number of aromatic amines is 1. The number of carboxylic acid groups (broad SMARTS) is 1. The number of nitrogens with one attached hydrogen (secondary N) is 2. The number of carbonyl (C=O) groups is 2. The molecular weight excluding hydrogens is 486 g/mol. The first kappa shape index (κ1) is 25.8. The van der Waals surface area contributed by atoms with Gasteiger partial charge in [0.05, 0.1) is 5.56 Å². The highest BCUT2D eigenvalue weighted by Gasteiger charge is 2.50. The highest BCUT2D eigenvalue weighted by molar-refractivity contribution is 6.05. The minimum Gasteiger partial charge on any atom is -0.478 e. The van der Waals surface area contributed by atoms with Gasteiger partial charge < -0.3 is 15.4 Å². The summed E-state index contributed by atoms with van der Waals surface area (Å²) < 4.78 is 0. The predicted molar refractivity (Wildman–Crippen MR) is 153 cm³/mol. The topological polar surface area (TPSA) is 95.1 Å². The molecule has 204 valence electrons. The third-order valence-electron chi connectivity index (χ3n) is 9.70. The van der Waals surface area contributed by atoms with E-state index >= 15 is 0 Å². The van der Waals surface area contributed by atoms with Gasteiger partial charge in [0.2, 0.25) is 0 Å². The summed E-state index contributed by atoms with van der Waals surface area (Å²) in [5.41, 5.74) is 7.49. The zero-order valence-electron chi connectivity index (χ0n) is 23.5. The van der Waals surface area contributed by atoms with E-state index in [1.807, 2.05) is 0 Å². The van der Waals surface area contributed by atoms with Crippen LogP contribution in [0.2, 0.25) is 0 Å². The summed E-state index contributed by atoms with van der Waals surface area (Å²) in [5.74, 6) is 2.08. The number of carbonyl (C=O) groups excluding carboxylic acids is 1. The SMILES string of the molecule is Cc1cc(C)c(-c2nc(C(=O)Nc3ccc(C)c(C(=O)O)c3)c(CCC34CC5CC(CC(C5)C3)C4)[nH]2)c(C)c1. The van der Waals surface area contributed by atoms with E-state index in [0.29, 0.717) is 22.4 Å². The molecule has 0 spiro atoms. The number of anilines is 1. The van der Waals surface area contributed by atoms with Crippen LogP contribution in [0.5, 0.6) is 0 Å². The molecule has 4 fully saturated rings. The van der Waals surface area contributed by atoms with Gasteiger partial charge >= 0.3 is 5.97 Å². The van der Waals surface area contributed by atoms with Crippen LogP contribution in [0.3, 0.4) is 0 Å². The molecule has 39 heavy (non-hydrogen) atoms. The van der Waals surface area contributed by atoms with Crippen molar-refractivity contribution in [3.05, 3.63) is 69.5 Å². The highest BCUT2D eigenvalue weighted by Crippen LogP contribution is 2.61. The number of hydrogen-bond acceptors (Lipinski definition) is 3. The van der Waals surface area contributed by atoms with Crippen LogP contribution in [0.1, 0.15) is 93.7 Å². The van der Waals surface area contributed by atoms with Gasteiger partial charge in [-0.05, 0) is 131 Å². The molecule has 4 saturated carbocycles.